The summed E-state index contributed by atoms with van der Waals surface area (Å²) in [5.41, 5.74) is 1.08. The smallest absolute Gasteiger partial charge is 0.255 e. The Morgan fingerprint density at radius 3 is 2.91 bits per heavy atom. The number of hydrogen-bond donors (Lipinski definition) is 1. The molecule has 120 valence electrons. The largest absolute Gasteiger partial charge is 0.479 e. The number of ether oxygens (including phenoxy) is 1. The van der Waals surface area contributed by atoms with Crippen LogP contribution < -0.4 is 10.1 Å². The van der Waals surface area contributed by atoms with E-state index < -0.39 is 5.82 Å². The van der Waals surface area contributed by atoms with Gasteiger partial charge in [0.15, 0.2) is 0 Å². The van der Waals surface area contributed by atoms with Crippen LogP contribution in [-0.4, -0.2) is 40.5 Å². The Hall–Kier alpha value is -2.70. The number of nitrogens with zero attached hydrogens (tertiary/aromatic N) is 3. The number of methoxy groups -OCH3 is 1. The molecule has 0 bridgehead atoms. The van der Waals surface area contributed by atoms with E-state index in [9.17, 15) is 9.18 Å². The van der Waals surface area contributed by atoms with Crippen LogP contribution in [0.4, 0.5) is 10.3 Å². The van der Waals surface area contributed by atoms with Crippen molar-refractivity contribution in [3.8, 4) is 5.88 Å². The lowest BCUT2D eigenvalue weighted by atomic mass is 10.2. The lowest BCUT2D eigenvalue weighted by molar-refractivity contribution is -0.128. The van der Waals surface area contributed by atoms with Gasteiger partial charge < -0.3 is 15.0 Å². The SMILES string of the molecule is COc1nc(NC2CC(=O)N(Cc3ccccc3)C2)ncc1F. The third kappa shape index (κ3) is 3.56. The highest BCUT2D eigenvalue weighted by Crippen LogP contribution is 2.19. The Bertz CT molecular complexity index is 696. The fraction of sp³-hybridized carbons (Fsp3) is 0.312. The Morgan fingerprint density at radius 2 is 2.17 bits per heavy atom. The molecule has 1 aliphatic heterocycles. The summed E-state index contributed by atoms with van der Waals surface area (Å²) in [7, 11) is 1.34. The average molecular weight is 316 g/mol. The maximum atomic E-state index is 13.3. The predicted octanol–water partition coefficient (Wildman–Crippen LogP) is 1.84. The first-order valence-corrected chi connectivity index (χ1v) is 7.30. The summed E-state index contributed by atoms with van der Waals surface area (Å²) in [6, 6.07) is 9.71. The first kappa shape index (κ1) is 15.2. The molecule has 3 rings (SSSR count). The minimum atomic E-state index is -0.619. The number of aromatic nitrogens is 2. The minimum Gasteiger partial charge on any atom is -0.479 e. The fourth-order valence-corrected chi connectivity index (χ4v) is 2.57. The van der Waals surface area contributed by atoms with E-state index in [0.717, 1.165) is 11.8 Å². The van der Waals surface area contributed by atoms with Crippen LogP contribution in [0.25, 0.3) is 0 Å². The number of carbonyl (C=O) groups is 1. The van der Waals surface area contributed by atoms with E-state index in [-0.39, 0.29) is 23.8 Å². The number of hydrogen-bond acceptors (Lipinski definition) is 5. The standard InChI is InChI=1S/C16H17FN4O2/c1-23-15-13(17)8-18-16(20-15)19-12-7-14(22)21(10-12)9-11-5-3-2-4-6-11/h2-6,8,12H,7,9-10H2,1H3,(H,18,19,20). The van der Waals surface area contributed by atoms with E-state index in [2.05, 4.69) is 15.3 Å². The quantitative estimate of drug-likeness (QED) is 0.911. The molecule has 1 N–H and O–H groups in total. The van der Waals surface area contributed by atoms with Gasteiger partial charge in [0.25, 0.3) is 5.88 Å². The van der Waals surface area contributed by atoms with Gasteiger partial charge in [0.1, 0.15) is 0 Å². The second kappa shape index (κ2) is 6.60. The van der Waals surface area contributed by atoms with Crippen LogP contribution in [0.1, 0.15) is 12.0 Å². The summed E-state index contributed by atoms with van der Waals surface area (Å²) >= 11 is 0. The molecule has 0 aliphatic carbocycles. The molecule has 1 aliphatic rings. The maximum Gasteiger partial charge on any atom is 0.255 e. The monoisotopic (exact) mass is 316 g/mol. The highest BCUT2D eigenvalue weighted by Gasteiger charge is 2.30. The molecule has 1 fully saturated rings. The Kier molecular flexibility index (Phi) is 4.36. The highest BCUT2D eigenvalue weighted by molar-refractivity contribution is 5.79. The molecule has 2 aromatic rings. The number of anilines is 1. The summed E-state index contributed by atoms with van der Waals surface area (Å²) in [5.74, 6) is -0.415. The molecule has 1 amide bonds. The second-order valence-corrected chi connectivity index (χ2v) is 5.36. The number of likely N-dealkylation sites (tertiary alicyclic amines) is 1. The zero-order chi connectivity index (χ0) is 16.2. The van der Waals surface area contributed by atoms with Gasteiger partial charge in [-0.25, -0.2) is 4.98 Å². The highest BCUT2D eigenvalue weighted by atomic mass is 19.1. The van der Waals surface area contributed by atoms with Gasteiger partial charge in [-0.1, -0.05) is 30.3 Å². The summed E-state index contributed by atoms with van der Waals surface area (Å²) in [6.45, 7) is 1.13. The van der Waals surface area contributed by atoms with Gasteiger partial charge in [0, 0.05) is 19.5 Å². The van der Waals surface area contributed by atoms with Gasteiger partial charge in [-0.05, 0) is 5.56 Å². The van der Waals surface area contributed by atoms with E-state index in [0.29, 0.717) is 19.5 Å². The molecule has 6 nitrogen and oxygen atoms in total. The number of halogens is 1. The average Bonchev–Trinajstić information content (AvgIpc) is 2.89. The zero-order valence-corrected chi connectivity index (χ0v) is 12.7. The minimum absolute atomic E-state index is 0.0698. The Balaban J connectivity index is 1.63. The van der Waals surface area contributed by atoms with E-state index in [4.69, 9.17) is 4.74 Å². The Morgan fingerprint density at radius 1 is 1.39 bits per heavy atom. The van der Waals surface area contributed by atoms with Crippen LogP contribution >= 0.6 is 0 Å². The van der Waals surface area contributed by atoms with Crippen molar-refractivity contribution in [3.05, 3.63) is 47.9 Å². The molecule has 1 aromatic heterocycles. The summed E-state index contributed by atoms with van der Waals surface area (Å²) < 4.78 is 18.1. The van der Waals surface area contributed by atoms with Gasteiger partial charge in [-0.15, -0.1) is 0 Å². The van der Waals surface area contributed by atoms with Crippen molar-refractivity contribution in [1.82, 2.24) is 14.9 Å². The van der Waals surface area contributed by atoms with Gasteiger partial charge >= 0.3 is 0 Å². The van der Waals surface area contributed by atoms with Crippen molar-refractivity contribution in [2.75, 3.05) is 19.0 Å². The third-order valence-electron chi connectivity index (χ3n) is 3.67. The molecule has 7 heteroatoms. The van der Waals surface area contributed by atoms with Crippen molar-refractivity contribution in [2.45, 2.75) is 19.0 Å². The normalized spacial score (nSPS) is 17.4. The van der Waals surface area contributed by atoms with Crippen molar-refractivity contribution in [3.63, 3.8) is 0 Å². The van der Waals surface area contributed by atoms with Gasteiger partial charge in [0.2, 0.25) is 17.7 Å². The molecule has 2 heterocycles. The number of carbonyl (C=O) groups excluding carboxylic acids is 1. The molecule has 23 heavy (non-hydrogen) atoms. The lowest BCUT2D eigenvalue weighted by Crippen LogP contribution is -2.28. The summed E-state index contributed by atoms with van der Waals surface area (Å²) in [4.78, 5) is 21.7. The third-order valence-corrected chi connectivity index (χ3v) is 3.67. The van der Waals surface area contributed by atoms with Crippen molar-refractivity contribution < 1.29 is 13.9 Å². The van der Waals surface area contributed by atoms with E-state index >= 15 is 0 Å². The van der Waals surface area contributed by atoms with Gasteiger partial charge in [0.05, 0.1) is 19.3 Å². The van der Waals surface area contributed by atoms with Crippen molar-refractivity contribution >= 4 is 11.9 Å². The van der Waals surface area contributed by atoms with Gasteiger partial charge in [-0.2, -0.15) is 9.37 Å². The summed E-state index contributed by atoms with van der Waals surface area (Å²) in [5, 5.41) is 3.06. The van der Waals surface area contributed by atoms with Gasteiger partial charge in [-0.3, -0.25) is 4.79 Å². The Labute approximate surface area is 133 Å². The van der Waals surface area contributed by atoms with Crippen molar-refractivity contribution in [1.29, 1.82) is 0 Å². The lowest BCUT2D eigenvalue weighted by Gasteiger charge is -2.17. The van der Waals surface area contributed by atoms with E-state index in [1.54, 1.807) is 4.90 Å². The number of benzene rings is 1. The molecular weight excluding hydrogens is 299 g/mol. The number of rotatable bonds is 5. The first-order valence-electron chi connectivity index (χ1n) is 7.30. The first-order chi connectivity index (χ1) is 11.2. The molecule has 1 atom stereocenters. The zero-order valence-electron chi connectivity index (χ0n) is 12.7. The van der Waals surface area contributed by atoms with E-state index in [1.807, 2.05) is 30.3 Å². The summed E-state index contributed by atoms with van der Waals surface area (Å²) in [6.07, 6.45) is 1.41. The fourth-order valence-electron chi connectivity index (χ4n) is 2.57. The molecule has 0 saturated carbocycles. The molecular formula is C16H17FN4O2. The predicted molar refractivity (Wildman–Crippen MR) is 82.4 cm³/mol. The topological polar surface area (TPSA) is 67.3 Å². The van der Waals surface area contributed by atoms with Crippen LogP contribution in [0.15, 0.2) is 36.5 Å². The number of nitrogens with one attached hydrogen (secondary N) is 1. The molecule has 1 aromatic carbocycles. The van der Waals surface area contributed by atoms with Crippen LogP contribution in [0.5, 0.6) is 5.88 Å². The second-order valence-electron chi connectivity index (χ2n) is 5.36. The molecule has 0 spiro atoms. The molecule has 1 unspecified atom stereocenters. The maximum absolute atomic E-state index is 13.3. The van der Waals surface area contributed by atoms with Crippen LogP contribution in [0.2, 0.25) is 0 Å². The van der Waals surface area contributed by atoms with Crippen LogP contribution in [0, 0.1) is 5.82 Å². The van der Waals surface area contributed by atoms with Crippen molar-refractivity contribution in [2.24, 2.45) is 0 Å². The molecule has 1 saturated heterocycles. The van der Waals surface area contributed by atoms with E-state index in [1.165, 1.54) is 7.11 Å². The number of amides is 1. The van der Waals surface area contributed by atoms with Crippen LogP contribution in [-0.2, 0) is 11.3 Å². The molecule has 0 radical (unpaired) electrons. The van der Waals surface area contributed by atoms with Crippen LogP contribution in [0.3, 0.4) is 0 Å².